The van der Waals surface area contributed by atoms with Crippen LogP contribution >= 0.6 is 11.6 Å². The number of nitrogens with zero attached hydrogens (tertiary/aromatic N) is 3. The van der Waals surface area contributed by atoms with Gasteiger partial charge < -0.3 is 14.4 Å². The number of halogens is 1. The highest BCUT2D eigenvalue weighted by Crippen LogP contribution is 2.31. The van der Waals surface area contributed by atoms with E-state index in [1.165, 1.54) is 0 Å². The van der Waals surface area contributed by atoms with E-state index in [1.54, 1.807) is 20.3 Å². The van der Waals surface area contributed by atoms with Crippen molar-refractivity contribution in [2.75, 3.05) is 38.8 Å². The van der Waals surface area contributed by atoms with E-state index in [2.05, 4.69) is 27.2 Å². The highest BCUT2D eigenvalue weighted by atomic mass is 35.5. The standard InChI is InChI=1S/C21H27ClN4O3/c1-15(25-28-3)17-4-5-18(19(14-17)27-2)29-13-10-16-8-11-26(12-9-16)21-7-6-20(22)23-24-21/h4-7,14,16,25H,1,8-13H2,2-3H3. The Balaban J connectivity index is 1.47. The van der Waals surface area contributed by atoms with Crippen molar-refractivity contribution < 1.29 is 14.3 Å². The molecule has 1 aliphatic rings. The van der Waals surface area contributed by atoms with Crippen molar-refractivity contribution in [1.29, 1.82) is 0 Å². The summed E-state index contributed by atoms with van der Waals surface area (Å²) in [6, 6.07) is 9.42. The molecule has 0 unspecified atom stereocenters. The monoisotopic (exact) mass is 418 g/mol. The SMILES string of the molecule is C=C(NOC)c1ccc(OCCC2CCN(c3ccc(Cl)nn3)CC2)c(OC)c1. The maximum Gasteiger partial charge on any atom is 0.161 e. The van der Waals surface area contributed by atoms with E-state index in [1.807, 2.05) is 24.3 Å². The molecule has 0 bridgehead atoms. The lowest BCUT2D eigenvalue weighted by Crippen LogP contribution is -2.34. The van der Waals surface area contributed by atoms with Gasteiger partial charge in [-0.15, -0.1) is 10.2 Å². The summed E-state index contributed by atoms with van der Waals surface area (Å²) in [6.45, 7) is 6.51. The second kappa shape index (κ2) is 10.3. The molecule has 0 atom stereocenters. The number of hydroxylamine groups is 1. The van der Waals surface area contributed by atoms with Crippen LogP contribution in [0.3, 0.4) is 0 Å². The normalized spacial score (nSPS) is 14.5. The summed E-state index contributed by atoms with van der Waals surface area (Å²) in [5.41, 5.74) is 4.27. The number of benzene rings is 1. The topological polar surface area (TPSA) is 68.7 Å². The number of rotatable bonds is 9. The van der Waals surface area contributed by atoms with Crippen molar-refractivity contribution >= 4 is 23.1 Å². The predicted molar refractivity (Wildman–Crippen MR) is 114 cm³/mol. The van der Waals surface area contributed by atoms with Gasteiger partial charge in [0.1, 0.15) is 0 Å². The fourth-order valence-electron chi connectivity index (χ4n) is 3.42. The molecule has 0 spiro atoms. The molecule has 7 nitrogen and oxygen atoms in total. The Morgan fingerprint density at radius 3 is 2.62 bits per heavy atom. The van der Waals surface area contributed by atoms with E-state index in [-0.39, 0.29) is 0 Å². The summed E-state index contributed by atoms with van der Waals surface area (Å²) in [5.74, 6) is 2.92. The first kappa shape index (κ1) is 21.2. The van der Waals surface area contributed by atoms with Gasteiger partial charge in [0.2, 0.25) is 0 Å². The average Bonchev–Trinajstić information content (AvgIpc) is 2.75. The van der Waals surface area contributed by atoms with E-state index in [0.717, 1.165) is 49.5 Å². The van der Waals surface area contributed by atoms with Crippen molar-refractivity contribution in [2.24, 2.45) is 5.92 Å². The number of hydrogen-bond donors (Lipinski definition) is 1. The summed E-state index contributed by atoms with van der Waals surface area (Å²) < 4.78 is 11.5. The first-order valence-electron chi connectivity index (χ1n) is 9.64. The van der Waals surface area contributed by atoms with E-state index in [9.17, 15) is 0 Å². The molecule has 1 saturated heterocycles. The van der Waals surface area contributed by atoms with Crippen LogP contribution in [0, 0.1) is 5.92 Å². The molecule has 1 aromatic carbocycles. The Kier molecular flexibility index (Phi) is 7.55. The first-order chi connectivity index (χ1) is 14.1. The third-order valence-corrected chi connectivity index (χ3v) is 5.28. The van der Waals surface area contributed by atoms with Gasteiger partial charge in [-0.3, -0.25) is 10.3 Å². The third kappa shape index (κ3) is 5.74. The first-order valence-corrected chi connectivity index (χ1v) is 10.0. The van der Waals surface area contributed by atoms with E-state index in [0.29, 0.717) is 29.1 Å². The zero-order valence-corrected chi connectivity index (χ0v) is 17.6. The van der Waals surface area contributed by atoms with Crippen LogP contribution in [-0.4, -0.2) is 44.1 Å². The molecule has 0 radical (unpaired) electrons. The molecule has 0 saturated carbocycles. The Morgan fingerprint density at radius 1 is 1.17 bits per heavy atom. The number of nitrogens with one attached hydrogen (secondary N) is 1. The number of hydrogen-bond acceptors (Lipinski definition) is 7. The molecule has 3 rings (SSSR count). The van der Waals surface area contributed by atoms with Crippen LogP contribution in [-0.2, 0) is 4.84 Å². The molecule has 1 N–H and O–H groups in total. The summed E-state index contributed by atoms with van der Waals surface area (Å²) in [7, 11) is 3.18. The highest BCUT2D eigenvalue weighted by Gasteiger charge is 2.20. The quantitative estimate of drug-likeness (QED) is 0.618. The minimum absolute atomic E-state index is 0.420. The summed E-state index contributed by atoms with van der Waals surface area (Å²) >= 11 is 5.81. The Hall–Kier alpha value is -2.51. The van der Waals surface area contributed by atoms with Crippen LogP contribution in [0.1, 0.15) is 24.8 Å². The average molecular weight is 419 g/mol. The molecular formula is C21H27ClN4O3. The van der Waals surface area contributed by atoms with Crippen LogP contribution in [0.4, 0.5) is 5.82 Å². The molecule has 0 amide bonds. The van der Waals surface area contributed by atoms with E-state index < -0.39 is 0 Å². The Bertz CT molecular complexity index is 808. The number of aromatic nitrogens is 2. The fourth-order valence-corrected chi connectivity index (χ4v) is 3.52. The van der Waals surface area contributed by atoms with Gasteiger partial charge in [0.25, 0.3) is 0 Å². The molecule has 2 aromatic rings. The van der Waals surface area contributed by atoms with Crippen LogP contribution in [0.2, 0.25) is 5.15 Å². The van der Waals surface area contributed by atoms with Crippen molar-refractivity contribution in [1.82, 2.24) is 15.7 Å². The van der Waals surface area contributed by atoms with Crippen molar-refractivity contribution in [3.63, 3.8) is 0 Å². The van der Waals surface area contributed by atoms with Gasteiger partial charge in [0, 0.05) is 18.7 Å². The van der Waals surface area contributed by atoms with Gasteiger partial charge in [-0.25, -0.2) is 0 Å². The molecule has 156 valence electrons. The Labute approximate surface area is 176 Å². The van der Waals surface area contributed by atoms with Gasteiger partial charge in [-0.2, -0.15) is 0 Å². The zero-order chi connectivity index (χ0) is 20.6. The molecule has 0 aliphatic carbocycles. The largest absolute Gasteiger partial charge is 0.493 e. The van der Waals surface area contributed by atoms with Gasteiger partial charge in [0.15, 0.2) is 22.5 Å². The van der Waals surface area contributed by atoms with Crippen molar-refractivity contribution in [2.45, 2.75) is 19.3 Å². The van der Waals surface area contributed by atoms with Gasteiger partial charge in [-0.1, -0.05) is 18.2 Å². The van der Waals surface area contributed by atoms with Gasteiger partial charge >= 0.3 is 0 Å². The Morgan fingerprint density at radius 2 is 1.97 bits per heavy atom. The second-order valence-electron chi connectivity index (χ2n) is 6.93. The third-order valence-electron chi connectivity index (χ3n) is 5.08. The predicted octanol–water partition coefficient (Wildman–Crippen LogP) is 3.95. The maximum absolute atomic E-state index is 5.99. The van der Waals surface area contributed by atoms with E-state index >= 15 is 0 Å². The summed E-state index contributed by atoms with van der Waals surface area (Å²) in [4.78, 5) is 7.15. The molecule has 1 aliphatic heterocycles. The highest BCUT2D eigenvalue weighted by molar-refractivity contribution is 6.29. The lowest BCUT2D eigenvalue weighted by atomic mass is 9.94. The number of methoxy groups -OCH3 is 1. The van der Waals surface area contributed by atoms with Gasteiger partial charge in [-0.05, 0) is 55.5 Å². The molecule has 1 fully saturated rings. The fraction of sp³-hybridized carbons (Fsp3) is 0.429. The minimum atomic E-state index is 0.420. The van der Waals surface area contributed by atoms with Crippen LogP contribution in [0.5, 0.6) is 11.5 Å². The smallest absolute Gasteiger partial charge is 0.161 e. The minimum Gasteiger partial charge on any atom is -0.493 e. The molecular weight excluding hydrogens is 392 g/mol. The lowest BCUT2D eigenvalue weighted by Gasteiger charge is -2.32. The molecule has 8 heteroatoms. The molecule has 1 aromatic heterocycles. The second-order valence-corrected chi connectivity index (χ2v) is 7.32. The molecule has 2 heterocycles. The van der Waals surface area contributed by atoms with E-state index in [4.69, 9.17) is 25.9 Å². The lowest BCUT2D eigenvalue weighted by molar-refractivity contribution is 0.137. The number of anilines is 1. The van der Waals surface area contributed by atoms with Crippen LogP contribution < -0.4 is 19.9 Å². The summed E-state index contributed by atoms with van der Waals surface area (Å²) in [5, 5.41) is 8.51. The van der Waals surface area contributed by atoms with Crippen molar-refractivity contribution in [3.8, 4) is 11.5 Å². The van der Waals surface area contributed by atoms with Crippen LogP contribution in [0.25, 0.3) is 5.70 Å². The van der Waals surface area contributed by atoms with Crippen LogP contribution in [0.15, 0.2) is 36.9 Å². The van der Waals surface area contributed by atoms with Crippen molar-refractivity contribution in [3.05, 3.63) is 47.6 Å². The zero-order valence-electron chi connectivity index (χ0n) is 16.9. The maximum atomic E-state index is 5.99. The number of piperidine rings is 1. The van der Waals surface area contributed by atoms with Gasteiger partial charge in [0.05, 0.1) is 26.5 Å². The molecule has 29 heavy (non-hydrogen) atoms. The summed E-state index contributed by atoms with van der Waals surface area (Å²) in [6.07, 6.45) is 3.21. The number of ether oxygens (including phenoxy) is 2.